The fourth-order valence-electron chi connectivity index (χ4n) is 1.79. The first-order valence-corrected chi connectivity index (χ1v) is 7.86. The lowest BCUT2D eigenvalue weighted by Gasteiger charge is -2.11. The number of hydrogen-bond donors (Lipinski definition) is 0. The molecule has 0 heterocycles. The molecule has 0 aliphatic rings. The quantitative estimate of drug-likeness (QED) is 0.293. The van der Waals surface area contributed by atoms with E-state index in [9.17, 15) is 4.79 Å². The Labute approximate surface area is 133 Å². The third kappa shape index (κ3) is 7.67. The fourth-order valence-corrected chi connectivity index (χ4v) is 1.79. The monoisotopic (exact) mass is 302 g/mol. The van der Waals surface area contributed by atoms with Crippen molar-refractivity contribution in [3.8, 4) is 0 Å². The molecule has 0 aliphatic carbocycles. The summed E-state index contributed by atoms with van der Waals surface area (Å²) in [5, 5.41) is 0. The number of esters is 1. The zero-order valence-corrected chi connectivity index (χ0v) is 13.7. The second-order valence-corrected chi connectivity index (χ2v) is 5.28. The Kier molecular flexibility index (Phi) is 8.73. The van der Waals surface area contributed by atoms with Crippen LogP contribution in [0.5, 0.6) is 0 Å². The molecule has 1 aromatic carbocycles. The second-order valence-electron chi connectivity index (χ2n) is 5.28. The Hall–Kier alpha value is -2.03. The highest BCUT2D eigenvalue weighted by atomic mass is 16.6. The predicted octanol–water partition coefficient (Wildman–Crippen LogP) is 4.44. The lowest BCUT2D eigenvalue weighted by molar-refractivity contribution is -0.146. The molecule has 0 aliphatic heterocycles. The molecule has 22 heavy (non-hydrogen) atoms. The van der Waals surface area contributed by atoms with Crippen molar-refractivity contribution in [2.24, 2.45) is 0 Å². The molecule has 3 nitrogen and oxygen atoms in total. The summed E-state index contributed by atoms with van der Waals surface area (Å²) < 4.78 is 10.8. The lowest BCUT2D eigenvalue weighted by atomic mass is 10.1. The number of ether oxygens (including phenoxy) is 2. The van der Waals surface area contributed by atoms with Crippen LogP contribution in [-0.2, 0) is 20.7 Å². The number of carbonyl (C=O) groups excluding carboxylic acids is 1. The van der Waals surface area contributed by atoms with Gasteiger partial charge in [-0.1, -0.05) is 55.8 Å². The van der Waals surface area contributed by atoms with Gasteiger partial charge in [0, 0.05) is 0 Å². The average molecular weight is 302 g/mol. The average Bonchev–Trinajstić information content (AvgIpc) is 2.50. The van der Waals surface area contributed by atoms with E-state index < -0.39 is 5.97 Å². The Morgan fingerprint density at radius 2 is 1.91 bits per heavy atom. The van der Waals surface area contributed by atoms with Crippen LogP contribution in [0, 0.1) is 0 Å². The van der Waals surface area contributed by atoms with Gasteiger partial charge in [0.05, 0.1) is 6.10 Å². The van der Waals surface area contributed by atoms with Gasteiger partial charge in [-0.2, -0.15) is 0 Å². The molecule has 0 bridgehead atoms. The number of unbranched alkanes of at least 4 members (excludes halogenated alkanes) is 1. The maximum Gasteiger partial charge on any atom is 0.373 e. The molecule has 1 rings (SSSR count). The molecule has 0 atom stereocenters. The molecule has 0 amide bonds. The zero-order chi connectivity index (χ0) is 16.2. The predicted molar refractivity (Wildman–Crippen MR) is 89.5 cm³/mol. The summed E-state index contributed by atoms with van der Waals surface area (Å²) in [6.45, 7) is 6.16. The van der Waals surface area contributed by atoms with E-state index in [0.29, 0.717) is 13.0 Å². The van der Waals surface area contributed by atoms with Crippen LogP contribution in [0.3, 0.4) is 0 Å². The molecular weight excluding hydrogens is 276 g/mol. The highest BCUT2D eigenvalue weighted by Crippen LogP contribution is 2.08. The number of hydrogen-bond acceptors (Lipinski definition) is 3. The summed E-state index contributed by atoms with van der Waals surface area (Å²) in [5.74, 6) is -0.131. The van der Waals surface area contributed by atoms with Crippen molar-refractivity contribution < 1.29 is 14.3 Å². The number of benzene rings is 1. The molecule has 0 spiro atoms. The standard InChI is InChI=1S/C19H26O3/c1-4-5-6-10-15-21-18(19(20)22-16(2)3)14-13-17-11-8-7-9-12-17/h6-12,14,16H,4-5,13,15H2,1-3H3/b10-6+,18-14-. The van der Waals surface area contributed by atoms with Gasteiger partial charge in [-0.25, -0.2) is 4.79 Å². The summed E-state index contributed by atoms with van der Waals surface area (Å²) in [4.78, 5) is 12.1. The number of allylic oxidation sites excluding steroid dienone is 2. The first-order chi connectivity index (χ1) is 10.6. The summed E-state index contributed by atoms with van der Waals surface area (Å²) in [5.41, 5.74) is 1.13. The van der Waals surface area contributed by atoms with Crippen molar-refractivity contribution in [1.82, 2.24) is 0 Å². The van der Waals surface area contributed by atoms with E-state index in [1.54, 1.807) is 6.08 Å². The van der Waals surface area contributed by atoms with Crippen molar-refractivity contribution in [3.05, 3.63) is 59.9 Å². The van der Waals surface area contributed by atoms with Crippen LogP contribution in [-0.4, -0.2) is 18.7 Å². The molecule has 0 fully saturated rings. The lowest BCUT2D eigenvalue weighted by Crippen LogP contribution is -2.16. The Morgan fingerprint density at radius 1 is 1.18 bits per heavy atom. The zero-order valence-electron chi connectivity index (χ0n) is 13.7. The van der Waals surface area contributed by atoms with Crippen LogP contribution < -0.4 is 0 Å². The third-order valence-corrected chi connectivity index (χ3v) is 2.87. The Morgan fingerprint density at radius 3 is 2.55 bits per heavy atom. The van der Waals surface area contributed by atoms with E-state index in [0.717, 1.165) is 18.4 Å². The third-order valence-electron chi connectivity index (χ3n) is 2.87. The first kappa shape index (κ1) is 18.0. The van der Waals surface area contributed by atoms with Crippen molar-refractivity contribution in [2.75, 3.05) is 6.61 Å². The van der Waals surface area contributed by atoms with E-state index in [4.69, 9.17) is 9.47 Å². The van der Waals surface area contributed by atoms with Crippen LogP contribution in [0.2, 0.25) is 0 Å². The van der Waals surface area contributed by atoms with E-state index in [1.165, 1.54) is 0 Å². The minimum absolute atomic E-state index is 0.160. The molecule has 0 aromatic heterocycles. The van der Waals surface area contributed by atoms with Crippen molar-refractivity contribution in [3.63, 3.8) is 0 Å². The molecule has 0 saturated heterocycles. The van der Waals surface area contributed by atoms with Gasteiger partial charge in [0.15, 0.2) is 0 Å². The van der Waals surface area contributed by atoms with Gasteiger partial charge in [-0.05, 0) is 38.3 Å². The number of carbonyl (C=O) groups is 1. The molecule has 0 radical (unpaired) electrons. The topological polar surface area (TPSA) is 35.5 Å². The second kappa shape index (κ2) is 10.7. The van der Waals surface area contributed by atoms with Crippen molar-refractivity contribution in [2.45, 2.75) is 46.1 Å². The van der Waals surface area contributed by atoms with E-state index >= 15 is 0 Å². The molecule has 0 unspecified atom stereocenters. The smallest absolute Gasteiger partial charge is 0.373 e. The minimum Gasteiger partial charge on any atom is -0.483 e. The van der Waals surface area contributed by atoms with Gasteiger partial charge in [0.1, 0.15) is 6.61 Å². The van der Waals surface area contributed by atoms with Gasteiger partial charge in [0.25, 0.3) is 0 Å². The first-order valence-electron chi connectivity index (χ1n) is 7.86. The summed E-state index contributed by atoms with van der Waals surface area (Å²) >= 11 is 0. The summed E-state index contributed by atoms with van der Waals surface area (Å²) in [6.07, 6.45) is 8.37. The summed E-state index contributed by atoms with van der Waals surface area (Å²) in [6, 6.07) is 9.95. The molecule has 1 aromatic rings. The number of rotatable bonds is 9. The maximum atomic E-state index is 12.1. The van der Waals surface area contributed by atoms with E-state index in [1.807, 2.05) is 50.3 Å². The highest BCUT2D eigenvalue weighted by molar-refractivity contribution is 5.86. The molecule has 0 N–H and O–H groups in total. The minimum atomic E-state index is -0.408. The van der Waals surface area contributed by atoms with Crippen LogP contribution in [0.15, 0.2) is 54.3 Å². The molecule has 120 valence electrons. The molecule has 3 heteroatoms. The van der Waals surface area contributed by atoms with Gasteiger partial charge in [-0.3, -0.25) is 0 Å². The van der Waals surface area contributed by atoms with Crippen LogP contribution >= 0.6 is 0 Å². The Balaban J connectivity index is 2.66. The summed E-state index contributed by atoms with van der Waals surface area (Å²) in [7, 11) is 0. The Bertz CT molecular complexity index is 487. The SMILES string of the molecule is CCC/C=C/CO/C(=C\Cc1ccccc1)C(=O)OC(C)C. The van der Waals surface area contributed by atoms with Gasteiger partial charge in [0.2, 0.25) is 5.76 Å². The van der Waals surface area contributed by atoms with Gasteiger partial charge < -0.3 is 9.47 Å². The van der Waals surface area contributed by atoms with Gasteiger partial charge in [-0.15, -0.1) is 0 Å². The van der Waals surface area contributed by atoms with Crippen LogP contribution in [0.25, 0.3) is 0 Å². The fraction of sp³-hybridized carbons (Fsp3) is 0.421. The van der Waals surface area contributed by atoms with E-state index in [2.05, 4.69) is 13.0 Å². The van der Waals surface area contributed by atoms with E-state index in [-0.39, 0.29) is 11.9 Å². The molecule has 0 saturated carbocycles. The van der Waals surface area contributed by atoms with Crippen molar-refractivity contribution >= 4 is 5.97 Å². The molecular formula is C19H26O3. The van der Waals surface area contributed by atoms with Crippen LogP contribution in [0.4, 0.5) is 0 Å². The van der Waals surface area contributed by atoms with Gasteiger partial charge >= 0.3 is 5.97 Å². The highest BCUT2D eigenvalue weighted by Gasteiger charge is 2.13. The normalized spacial score (nSPS) is 11.9. The maximum absolute atomic E-state index is 12.1. The largest absolute Gasteiger partial charge is 0.483 e. The van der Waals surface area contributed by atoms with Crippen molar-refractivity contribution in [1.29, 1.82) is 0 Å². The van der Waals surface area contributed by atoms with Crippen LogP contribution in [0.1, 0.15) is 39.2 Å².